The Kier molecular flexibility index (Phi) is 3.95. The van der Waals surface area contributed by atoms with Gasteiger partial charge in [0.05, 0.1) is 16.6 Å². The van der Waals surface area contributed by atoms with Crippen molar-refractivity contribution < 1.29 is 9.59 Å². The first kappa shape index (κ1) is 17.6. The van der Waals surface area contributed by atoms with Gasteiger partial charge in [-0.05, 0) is 18.2 Å². The molecule has 0 spiro atoms. The van der Waals surface area contributed by atoms with Crippen molar-refractivity contribution in [2.24, 2.45) is 0 Å². The summed E-state index contributed by atoms with van der Waals surface area (Å²) in [5.74, 6) is -0.648. The van der Waals surface area contributed by atoms with Gasteiger partial charge in [-0.3, -0.25) is 14.5 Å². The van der Waals surface area contributed by atoms with Gasteiger partial charge in [0.15, 0.2) is 11.5 Å². The number of hydrogen-bond donors (Lipinski definition) is 1. The number of fused-ring (bicyclic) bond motifs is 4. The number of nitrogens with zero attached hydrogens (tertiary/aromatic N) is 5. The molecule has 1 atom stereocenters. The van der Waals surface area contributed by atoms with Gasteiger partial charge >= 0.3 is 0 Å². The molecule has 3 heterocycles. The number of carbonyl (C=O) groups is 2. The van der Waals surface area contributed by atoms with Crippen molar-refractivity contribution >= 4 is 46.5 Å². The van der Waals surface area contributed by atoms with Crippen LogP contribution in [0.3, 0.4) is 0 Å². The van der Waals surface area contributed by atoms with Crippen LogP contribution < -0.4 is 0 Å². The lowest BCUT2D eigenvalue weighted by molar-refractivity contribution is 0.0633. The largest absolute Gasteiger partial charge is 0.320 e. The van der Waals surface area contributed by atoms with Crippen LogP contribution >= 0.6 is 12.6 Å². The number of amides is 2. The van der Waals surface area contributed by atoms with Crippen LogP contribution in [0.4, 0.5) is 0 Å². The Labute approximate surface area is 171 Å². The van der Waals surface area contributed by atoms with E-state index in [-0.39, 0.29) is 5.82 Å². The second-order valence-corrected chi connectivity index (χ2v) is 7.15. The fraction of sp³-hybridized carbons (Fsp3) is 0.0952. The average Bonchev–Trinajstić information content (AvgIpc) is 3.20. The molecular formula is C21H15N5O2S. The van der Waals surface area contributed by atoms with Crippen LogP contribution in [0.1, 0.15) is 31.9 Å². The lowest BCUT2D eigenvalue weighted by atomic mass is 10.1. The van der Waals surface area contributed by atoms with Gasteiger partial charge in [0.1, 0.15) is 10.9 Å². The van der Waals surface area contributed by atoms with Crippen LogP contribution in [0.5, 0.6) is 0 Å². The molecule has 8 heteroatoms. The number of thiol groups is 1. The number of benzene rings is 2. The highest BCUT2D eigenvalue weighted by atomic mass is 32.1. The summed E-state index contributed by atoms with van der Waals surface area (Å²) in [6.07, 6.45) is 1.77. The summed E-state index contributed by atoms with van der Waals surface area (Å²) in [4.78, 5) is 31.2. The molecule has 1 aliphatic rings. The van der Waals surface area contributed by atoms with E-state index in [4.69, 9.17) is 0 Å². The second-order valence-electron chi connectivity index (χ2n) is 6.66. The zero-order valence-corrected chi connectivity index (χ0v) is 16.1. The monoisotopic (exact) mass is 401 g/mol. The Morgan fingerprint density at radius 2 is 1.66 bits per heavy atom. The van der Waals surface area contributed by atoms with Crippen molar-refractivity contribution in [2.75, 3.05) is 0 Å². The number of hydrogen-bond acceptors (Lipinski definition) is 6. The molecule has 2 amide bonds. The summed E-state index contributed by atoms with van der Waals surface area (Å²) in [6.45, 7) is 4.35. The van der Waals surface area contributed by atoms with Crippen LogP contribution in [0.25, 0.3) is 22.1 Å². The van der Waals surface area contributed by atoms with E-state index in [0.29, 0.717) is 28.8 Å². The number of rotatable bonds is 4. The Morgan fingerprint density at radius 1 is 1.00 bits per heavy atom. The highest BCUT2D eigenvalue weighted by Crippen LogP contribution is 2.33. The fourth-order valence-corrected chi connectivity index (χ4v) is 4.00. The van der Waals surface area contributed by atoms with Crippen molar-refractivity contribution in [3.63, 3.8) is 0 Å². The molecule has 4 aromatic rings. The van der Waals surface area contributed by atoms with Crippen LogP contribution in [0, 0.1) is 0 Å². The third-order valence-corrected chi connectivity index (χ3v) is 5.46. The molecule has 0 saturated carbocycles. The number of carbonyl (C=O) groups excluding carboxylic acids is 2. The molecule has 2 aromatic carbocycles. The maximum absolute atomic E-state index is 12.8. The van der Waals surface area contributed by atoms with E-state index in [0.717, 1.165) is 15.8 Å². The summed E-state index contributed by atoms with van der Waals surface area (Å²) >= 11 is 4.50. The number of para-hydroxylation sites is 1. The molecule has 0 saturated heterocycles. The molecule has 0 radical (unpaired) electrons. The molecule has 2 aromatic heterocycles. The topological polar surface area (TPSA) is 81.0 Å². The van der Waals surface area contributed by atoms with Crippen LogP contribution in [-0.2, 0) is 6.54 Å². The molecule has 0 aliphatic carbocycles. The number of allylic oxidation sites excluding steroid dienone is 1. The molecule has 142 valence electrons. The molecule has 7 nitrogen and oxygen atoms in total. The molecular weight excluding hydrogens is 386 g/mol. The summed E-state index contributed by atoms with van der Waals surface area (Å²) in [5.41, 5.74) is 2.91. The lowest BCUT2D eigenvalue weighted by Gasteiger charge is -2.19. The molecule has 1 unspecified atom stereocenters. The standard InChI is InChI=1S/C21H15N5O2S/c1-2-11-25-15-10-6-5-9-14(15)16-18(25)22-17(24-23-16)21(29)26-19(27)12-7-3-4-8-13(12)20(26)28/h2-10,21,29H,1,11H2. The average molecular weight is 401 g/mol. The second kappa shape index (κ2) is 6.52. The molecule has 29 heavy (non-hydrogen) atoms. The van der Waals surface area contributed by atoms with Gasteiger partial charge in [0, 0.05) is 11.9 Å². The van der Waals surface area contributed by atoms with Gasteiger partial charge in [0.25, 0.3) is 11.8 Å². The van der Waals surface area contributed by atoms with E-state index < -0.39 is 17.2 Å². The molecule has 0 bridgehead atoms. The summed E-state index contributed by atoms with van der Waals surface area (Å²) < 4.78 is 1.97. The molecule has 0 N–H and O–H groups in total. The zero-order chi connectivity index (χ0) is 20.1. The van der Waals surface area contributed by atoms with E-state index in [1.165, 1.54) is 0 Å². The summed E-state index contributed by atoms with van der Waals surface area (Å²) in [7, 11) is 0. The number of aromatic nitrogens is 4. The minimum atomic E-state index is -0.950. The third kappa shape index (κ3) is 2.49. The van der Waals surface area contributed by atoms with Crippen LogP contribution in [-0.4, -0.2) is 36.5 Å². The first-order valence-corrected chi connectivity index (χ1v) is 9.51. The highest BCUT2D eigenvalue weighted by molar-refractivity contribution is 7.80. The highest BCUT2D eigenvalue weighted by Gasteiger charge is 2.40. The molecule has 1 aliphatic heterocycles. The van der Waals surface area contributed by atoms with Gasteiger partial charge in [0.2, 0.25) is 0 Å². The van der Waals surface area contributed by atoms with E-state index in [9.17, 15) is 9.59 Å². The quantitative estimate of drug-likeness (QED) is 0.322. The minimum absolute atomic E-state index is 0.184. The summed E-state index contributed by atoms with van der Waals surface area (Å²) in [6, 6.07) is 14.5. The molecule has 5 rings (SSSR count). The van der Waals surface area contributed by atoms with Gasteiger partial charge < -0.3 is 4.57 Å². The number of imide groups is 1. The van der Waals surface area contributed by atoms with E-state index in [1.807, 2.05) is 28.8 Å². The Morgan fingerprint density at radius 3 is 2.34 bits per heavy atom. The summed E-state index contributed by atoms with van der Waals surface area (Å²) in [5, 5.41) is 8.50. The van der Waals surface area contributed by atoms with Gasteiger partial charge in [-0.25, -0.2) is 4.98 Å². The smallest absolute Gasteiger partial charge is 0.262 e. The van der Waals surface area contributed by atoms with Crippen molar-refractivity contribution in [3.8, 4) is 0 Å². The predicted molar refractivity (Wildman–Crippen MR) is 112 cm³/mol. The van der Waals surface area contributed by atoms with Crippen molar-refractivity contribution in [1.29, 1.82) is 0 Å². The first-order valence-electron chi connectivity index (χ1n) is 8.99. The Bertz CT molecular complexity index is 1290. The van der Waals surface area contributed by atoms with Crippen molar-refractivity contribution in [2.45, 2.75) is 11.9 Å². The SMILES string of the molecule is C=CCn1c2ccccc2c2nnc(C(S)N3C(=O)c4ccccc4C3=O)nc21. The van der Waals surface area contributed by atoms with E-state index in [1.54, 1.807) is 30.3 Å². The van der Waals surface area contributed by atoms with E-state index in [2.05, 4.69) is 34.4 Å². The maximum Gasteiger partial charge on any atom is 0.262 e. The first-order chi connectivity index (χ1) is 14.1. The lowest BCUT2D eigenvalue weighted by Crippen LogP contribution is -2.32. The zero-order valence-electron chi connectivity index (χ0n) is 15.2. The van der Waals surface area contributed by atoms with Gasteiger partial charge in [-0.1, -0.05) is 36.4 Å². The van der Waals surface area contributed by atoms with Crippen LogP contribution in [0.15, 0.2) is 61.2 Å². The van der Waals surface area contributed by atoms with Crippen molar-refractivity contribution in [1.82, 2.24) is 24.6 Å². The minimum Gasteiger partial charge on any atom is -0.320 e. The Balaban J connectivity index is 1.63. The molecule has 0 fully saturated rings. The fourth-order valence-electron chi connectivity index (χ4n) is 3.68. The Hall–Kier alpha value is -3.52. The third-order valence-electron chi connectivity index (χ3n) is 5.00. The predicted octanol–water partition coefficient (Wildman–Crippen LogP) is 3.39. The normalized spacial score (nSPS) is 14.6. The van der Waals surface area contributed by atoms with Gasteiger partial charge in [-0.15, -0.1) is 29.4 Å². The van der Waals surface area contributed by atoms with Crippen molar-refractivity contribution in [3.05, 3.63) is 78.1 Å². The maximum atomic E-state index is 12.8. The van der Waals surface area contributed by atoms with E-state index >= 15 is 0 Å². The van der Waals surface area contributed by atoms with Crippen LogP contribution in [0.2, 0.25) is 0 Å². The van der Waals surface area contributed by atoms with Gasteiger partial charge in [-0.2, -0.15) is 0 Å².